The lowest BCUT2D eigenvalue weighted by Crippen LogP contribution is -2.49. The molecule has 1 amide bonds. The molecule has 0 aliphatic carbocycles. The lowest BCUT2D eigenvalue weighted by atomic mass is 10.1. The minimum absolute atomic E-state index is 0.104. The molecule has 1 unspecified atom stereocenters. The summed E-state index contributed by atoms with van der Waals surface area (Å²) in [6, 6.07) is 4.34. The molecule has 2 rings (SSSR count). The van der Waals surface area contributed by atoms with E-state index in [0.717, 1.165) is 5.56 Å². The zero-order valence-corrected chi connectivity index (χ0v) is 10.9. The highest BCUT2D eigenvalue weighted by Gasteiger charge is 2.28. The van der Waals surface area contributed by atoms with Crippen molar-refractivity contribution in [2.24, 2.45) is 0 Å². The normalized spacial score (nSPS) is 19.9. The Kier molecular flexibility index (Phi) is 4.19. The van der Waals surface area contributed by atoms with Gasteiger partial charge in [0.1, 0.15) is 5.82 Å². The van der Waals surface area contributed by atoms with Crippen LogP contribution < -0.4 is 0 Å². The van der Waals surface area contributed by atoms with E-state index in [1.54, 1.807) is 17.0 Å². The Hall–Kier alpha value is -1.13. The molecular formula is C13H15ClFNO2. The Morgan fingerprint density at radius 2 is 2.39 bits per heavy atom. The summed E-state index contributed by atoms with van der Waals surface area (Å²) in [6.45, 7) is 3.15. The molecule has 1 aliphatic heterocycles. The maximum absolute atomic E-state index is 13.7. The number of hydrogen-bond donors (Lipinski definition) is 0. The van der Waals surface area contributed by atoms with Gasteiger partial charge in [0.2, 0.25) is 0 Å². The van der Waals surface area contributed by atoms with Crippen LogP contribution in [0, 0.1) is 12.7 Å². The van der Waals surface area contributed by atoms with Crippen molar-refractivity contribution >= 4 is 17.5 Å². The molecule has 0 saturated carbocycles. The molecule has 1 aliphatic rings. The second-order valence-corrected chi connectivity index (χ2v) is 4.67. The van der Waals surface area contributed by atoms with E-state index in [2.05, 4.69) is 0 Å². The van der Waals surface area contributed by atoms with Crippen LogP contribution in [0.1, 0.15) is 15.9 Å². The first kappa shape index (κ1) is 13.3. The third kappa shape index (κ3) is 2.65. The largest absolute Gasteiger partial charge is 0.377 e. The van der Waals surface area contributed by atoms with Crippen LogP contribution >= 0.6 is 11.6 Å². The lowest BCUT2D eigenvalue weighted by Gasteiger charge is -2.34. The van der Waals surface area contributed by atoms with E-state index in [9.17, 15) is 9.18 Å². The van der Waals surface area contributed by atoms with Crippen molar-refractivity contribution in [2.75, 3.05) is 25.6 Å². The van der Waals surface area contributed by atoms with Crippen LogP contribution in [0.15, 0.2) is 18.2 Å². The molecular weight excluding hydrogens is 257 g/mol. The van der Waals surface area contributed by atoms with Crippen molar-refractivity contribution in [2.45, 2.75) is 13.0 Å². The van der Waals surface area contributed by atoms with Gasteiger partial charge in [0.25, 0.3) is 5.91 Å². The molecule has 3 nitrogen and oxygen atoms in total. The molecule has 0 bridgehead atoms. The number of alkyl halides is 1. The lowest BCUT2D eigenvalue weighted by molar-refractivity contribution is 0.00431. The number of amides is 1. The van der Waals surface area contributed by atoms with E-state index < -0.39 is 5.82 Å². The smallest absolute Gasteiger partial charge is 0.257 e. The summed E-state index contributed by atoms with van der Waals surface area (Å²) in [5, 5.41) is 0. The molecule has 1 aromatic carbocycles. The van der Waals surface area contributed by atoms with Crippen LogP contribution in [0.5, 0.6) is 0 Å². The molecule has 1 aromatic rings. The van der Waals surface area contributed by atoms with Gasteiger partial charge in [-0.3, -0.25) is 4.79 Å². The Labute approximate surface area is 110 Å². The summed E-state index contributed by atoms with van der Waals surface area (Å²) in [4.78, 5) is 13.9. The number of halogens is 2. The van der Waals surface area contributed by atoms with Crippen molar-refractivity contribution < 1.29 is 13.9 Å². The van der Waals surface area contributed by atoms with Crippen LogP contribution in [0.25, 0.3) is 0 Å². The van der Waals surface area contributed by atoms with E-state index in [0.29, 0.717) is 25.6 Å². The van der Waals surface area contributed by atoms with Gasteiger partial charge in [0.15, 0.2) is 0 Å². The second-order valence-electron chi connectivity index (χ2n) is 4.36. The summed E-state index contributed by atoms with van der Waals surface area (Å²) in [5.41, 5.74) is 0.961. The third-order valence-corrected chi connectivity index (χ3v) is 3.38. The van der Waals surface area contributed by atoms with Crippen LogP contribution in [0.4, 0.5) is 4.39 Å². The van der Waals surface area contributed by atoms with Crippen LogP contribution in [0.3, 0.4) is 0 Å². The second kappa shape index (κ2) is 5.67. The molecule has 0 spiro atoms. The number of morpholine rings is 1. The van der Waals surface area contributed by atoms with E-state index in [1.165, 1.54) is 6.07 Å². The van der Waals surface area contributed by atoms with E-state index in [1.807, 2.05) is 6.92 Å². The minimum Gasteiger partial charge on any atom is -0.377 e. The molecule has 0 aromatic heterocycles. The van der Waals surface area contributed by atoms with Crippen molar-refractivity contribution in [3.8, 4) is 0 Å². The molecule has 1 heterocycles. The van der Waals surface area contributed by atoms with Gasteiger partial charge in [-0.1, -0.05) is 11.6 Å². The average molecular weight is 272 g/mol. The summed E-state index contributed by atoms with van der Waals surface area (Å²) < 4.78 is 19.0. The highest BCUT2D eigenvalue weighted by Crippen LogP contribution is 2.17. The zero-order chi connectivity index (χ0) is 13.1. The molecule has 18 heavy (non-hydrogen) atoms. The first-order valence-electron chi connectivity index (χ1n) is 5.84. The molecule has 0 radical (unpaired) electrons. The minimum atomic E-state index is -0.495. The van der Waals surface area contributed by atoms with Gasteiger partial charge in [0.05, 0.1) is 24.8 Å². The van der Waals surface area contributed by atoms with Gasteiger partial charge in [-0.25, -0.2) is 4.39 Å². The topological polar surface area (TPSA) is 29.5 Å². The predicted molar refractivity (Wildman–Crippen MR) is 67.5 cm³/mol. The van der Waals surface area contributed by atoms with Gasteiger partial charge >= 0.3 is 0 Å². The number of hydrogen-bond acceptors (Lipinski definition) is 2. The van der Waals surface area contributed by atoms with Gasteiger partial charge in [-0.15, -0.1) is 11.6 Å². The number of carbonyl (C=O) groups excluding carboxylic acids is 1. The number of benzene rings is 1. The maximum Gasteiger partial charge on any atom is 0.257 e. The summed E-state index contributed by atoms with van der Waals surface area (Å²) in [7, 11) is 0. The molecule has 5 heteroatoms. The van der Waals surface area contributed by atoms with Gasteiger partial charge < -0.3 is 9.64 Å². The highest BCUT2D eigenvalue weighted by atomic mass is 35.5. The first-order valence-corrected chi connectivity index (χ1v) is 6.37. The standard InChI is InChI=1S/C13H15ClFNO2/c1-9-2-3-12(15)11(6-9)13(17)16-4-5-18-8-10(16)7-14/h2-3,6,10H,4-5,7-8H2,1H3. The van der Waals surface area contributed by atoms with Gasteiger partial charge in [0, 0.05) is 12.4 Å². The SMILES string of the molecule is Cc1ccc(F)c(C(=O)N2CCOCC2CCl)c1. The molecule has 98 valence electrons. The van der Waals surface area contributed by atoms with Crippen LogP contribution in [-0.2, 0) is 4.74 Å². The number of rotatable bonds is 2. The van der Waals surface area contributed by atoms with Gasteiger partial charge in [-0.2, -0.15) is 0 Å². The molecule has 1 atom stereocenters. The van der Waals surface area contributed by atoms with E-state index in [-0.39, 0.29) is 17.5 Å². The fourth-order valence-corrected chi connectivity index (χ4v) is 2.26. The van der Waals surface area contributed by atoms with Crippen molar-refractivity contribution in [1.29, 1.82) is 0 Å². The van der Waals surface area contributed by atoms with Crippen LogP contribution in [-0.4, -0.2) is 42.5 Å². The zero-order valence-electron chi connectivity index (χ0n) is 10.2. The highest BCUT2D eigenvalue weighted by molar-refractivity contribution is 6.18. The first-order chi connectivity index (χ1) is 8.63. The average Bonchev–Trinajstić information content (AvgIpc) is 2.40. The van der Waals surface area contributed by atoms with Crippen molar-refractivity contribution in [3.05, 3.63) is 35.1 Å². The van der Waals surface area contributed by atoms with Crippen molar-refractivity contribution in [3.63, 3.8) is 0 Å². The molecule has 1 saturated heterocycles. The number of aryl methyl sites for hydroxylation is 1. The Bertz CT molecular complexity index is 453. The monoisotopic (exact) mass is 271 g/mol. The summed E-state index contributed by atoms with van der Waals surface area (Å²) in [6.07, 6.45) is 0. The number of carbonyl (C=O) groups is 1. The molecule has 1 fully saturated rings. The van der Waals surface area contributed by atoms with Gasteiger partial charge in [-0.05, 0) is 19.1 Å². The van der Waals surface area contributed by atoms with Crippen LogP contribution in [0.2, 0.25) is 0 Å². The fraction of sp³-hybridized carbons (Fsp3) is 0.462. The predicted octanol–water partition coefficient (Wildman–Crippen LogP) is 2.21. The Morgan fingerprint density at radius 3 is 3.11 bits per heavy atom. The summed E-state index contributed by atoms with van der Waals surface area (Å²) >= 11 is 5.81. The Balaban J connectivity index is 2.26. The van der Waals surface area contributed by atoms with E-state index in [4.69, 9.17) is 16.3 Å². The summed E-state index contributed by atoms with van der Waals surface area (Å²) in [5.74, 6) is -0.519. The molecule has 0 N–H and O–H groups in total. The van der Waals surface area contributed by atoms with E-state index >= 15 is 0 Å². The Morgan fingerprint density at radius 1 is 1.61 bits per heavy atom. The van der Waals surface area contributed by atoms with Crippen molar-refractivity contribution in [1.82, 2.24) is 4.90 Å². The number of ether oxygens (including phenoxy) is 1. The fourth-order valence-electron chi connectivity index (χ4n) is 2.01. The number of nitrogens with zero attached hydrogens (tertiary/aromatic N) is 1. The quantitative estimate of drug-likeness (QED) is 0.772. The third-order valence-electron chi connectivity index (χ3n) is 3.02. The maximum atomic E-state index is 13.7.